The van der Waals surface area contributed by atoms with Gasteiger partial charge in [-0.25, -0.2) is 4.79 Å². The number of carbonyl (C=O) groups is 2. The van der Waals surface area contributed by atoms with Gasteiger partial charge < -0.3 is 30.0 Å². The van der Waals surface area contributed by atoms with Gasteiger partial charge in [-0.05, 0) is 48.5 Å². The number of pyridine rings is 1. The van der Waals surface area contributed by atoms with Gasteiger partial charge in [-0.3, -0.25) is 9.78 Å². The lowest BCUT2D eigenvalue weighted by atomic mass is 10.2. The lowest BCUT2D eigenvalue weighted by molar-refractivity contribution is -0.137. The third-order valence-electron chi connectivity index (χ3n) is 5.55. The van der Waals surface area contributed by atoms with E-state index in [1.165, 1.54) is 6.07 Å². The molecule has 39 heavy (non-hydrogen) atoms. The molecule has 4 aromatic rings. The fraction of sp³-hybridized carbons (Fsp3) is 0.192. The zero-order valence-corrected chi connectivity index (χ0v) is 21.3. The van der Waals surface area contributed by atoms with Crippen molar-refractivity contribution in [1.82, 2.24) is 14.9 Å². The Morgan fingerprint density at radius 3 is 2.46 bits per heavy atom. The Hall–Kier alpha value is -4.13. The molecule has 0 aliphatic heterocycles. The van der Waals surface area contributed by atoms with E-state index in [1.807, 2.05) is 0 Å². The number of benzene rings is 2. The van der Waals surface area contributed by atoms with Crippen LogP contribution in [0.4, 0.5) is 29.3 Å². The molecular formula is C26H23ClF3N5O4. The predicted molar refractivity (Wildman–Crippen MR) is 140 cm³/mol. The standard InChI is InChI=1S/C26H23ClF3N5O4/c1-38-10-11-39-15-32-24(36)20-14-35(23-13-31-9-8-19(20)23)18-5-2-16(3-6-18)33-25(37)34-17-4-7-22(27)21(12-17)26(28,29)30/h2-9,12-14H,10-11,15H2,1H3,(H,32,36)(H2,33,34,37). The summed E-state index contributed by atoms with van der Waals surface area (Å²) in [4.78, 5) is 29.3. The molecule has 0 radical (unpaired) electrons. The van der Waals surface area contributed by atoms with Crippen LogP contribution in [0.1, 0.15) is 15.9 Å². The Morgan fingerprint density at radius 2 is 1.74 bits per heavy atom. The summed E-state index contributed by atoms with van der Waals surface area (Å²) in [6, 6.07) is 10.7. The van der Waals surface area contributed by atoms with Gasteiger partial charge in [0.2, 0.25) is 0 Å². The van der Waals surface area contributed by atoms with E-state index in [9.17, 15) is 22.8 Å². The van der Waals surface area contributed by atoms with E-state index in [0.29, 0.717) is 41.1 Å². The van der Waals surface area contributed by atoms with Gasteiger partial charge in [-0.15, -0.1) is 0 Å². The largest absolute Gasteiger partial charge is 0.417 e. The number of carbonyl (C=O) groups excluding carboxylic acids is 2. The molecule has 3 N–H and O–H groups in total. The van der Waals surface area contributed by atoms with Gasteiger partial charge in [-0.2, -0.15) is 13.2 Å². The first-order chi connectivity index (χ1) is 18.7. The van der Waals surface area contributed by atoms with Crippen molar-refractivity contribution in [3.63, 3.8) is 0 Å². The zero-order valence-electron chi connectivity index (χ0n) is 20.5. The molecule has 2 aromatic heterocycles. The quantitative estimate of drug-likeness (QED) is 0.180. The average molecular weight is 562 g/mol. The summed E-state index contributed by atoms with van der Waals surface area (Å²) in [6.07, 6.45) is 0.229. The number of ether oxygens (including phenoxy) is 2. The highest BCUT2D eigenvalue weighted by Gasteiger charge is 2.33. The maximum Gasteiger partial charge on any atom is 0.417 e. The van der Waals surface area contributed by atoms with E-state index in [-0.39, 0.29) is 18.3 Å². The van der Waals surface area contributed by atoms with Gasteiger partial charge in [0.15, 0.2) is 0 Å². The van der Waals surface area contributed by atoms with E-state index in [2.05, 4.69) is 20.9 Å². The molecule has 0 saturated heterocycles. The Morgan fingerprint density at radius 1 is 1.03 bits per heavy atom. The van der Waals surface area contributed by atoms with Crippen molar-refractivity contribution in [3.8, 4) is 5.69 Å². The second-order valence-electron chi connectivity index (χ2n) is 8.18. The van der Waals surface area contributed by atoms with Crippen LogP contribution in [0.5, 0.6) is 0 Å². The minimum Gasteiger partial charge on any atom is -0.382 e. The molecule has 4 rings (SSSR count). The molecule has 0 fully saturated rings. The topological polar surface area (TPSA) is 107 Å². The molecule has 0 atom stereocenters. The number of hydrogen-bond donors (Lipinski definition) is 3. The Balaban J connectivity index is 1.46. The number of alkyl halides is 3. The third-order valence-corrected chi connectivity index (χ3v) is 5.88. The van der Waals surface area contributed by atoms with E-state index in [0.717, 1.165) is 12.1 Å². The fourth-order valence-electron chi connectivity index (χ4n) is 3.71. The maximum atomic E-state index is 13.1. The van der Waals surface area contributed by atoms with Gasteiger partial charge in [0.05, 0.1) is 41.1 Å². The number of anilines is 2. The Labute approximate surface area is 225 Å². The molecule has 9 nitrogen and oxygen atoms in total. The van der Waals surface area contributed by atoms with E-state index >= 15 is 0 Å². The first-order valence-corrected chi connectivity index (χ1v) is 11.9. The summed E-state index contributed by atoms with van der Waals surface area (Å²) in [5.74, 6) is -0.326. The molecule has 0 aliphatic rings. The number of nitrogens with zero attached hydrogens (tertiary/aromatic N) is 2. The van der Waals surface area contributed by atoms with Crippen LogP contribution in [0.15, 0.2) is 67.1 Å². The number of rotatable bonds is 9. The van der Waals surface area contributed by atoms with Crippen molar-refractivity contribution < 1.29 is 32.2 Å². The number of hydrogen-bond acceptors (Lipinski definition) is 5. The Kier molecular flexibility index (Phi) is 8.69. The van der Waals surface area contributed by atoms with Crippen molar-refractivity contribution in [1.29, 1.82) is 0 Å². The van der Waals surface area contributed by atoms with Crippen LogP contribution in [0.3, 0.4) is 0 Å². The summed E-state index contributed by atoms with van der Waals surface area (Å²) in [6.45, 7) is 0.776. The first kappa shape index (κ1) is 27.9. The molecule has 2 aromatic carbocycles. The molecule has 3 amide bonds. The van der Waals surface area contributed by atoms with E-state index < -0.39 is 22.8 Å². The van der Waals surface area contributed by atoms with Crippen molar-refractivity contribution >= 4 is 45.8 Å². The lowest BCUT2D eigenvalue weighted by Crippen LogP contribution is -2.26. The summed E-state index contributed by atoms with van der Waals surface area (Å²) < 4.78 is 51.2. The van der Waals surface area contributed by atoms with Crippen LogP contribution in [-0.2, 0) is 15.7 Å². The van der Waals surface area contributed by atoms with Gasteiger partial charge in [0.25, 0.3) is 5.91 Å². The number of amides is 3. The molecule has 0 spiro atoms. The minimum absolute atomic E-state index is 0.0237. The number of halogens is 4. The van der Waals surface area contributed by atoms with Gasteiger partial charge >= 0.3 is 12.2 Å². The summed E-state index contributed by atoms with van der Waals surface area (Å²) in [5, 5.41) is 7.85. The zero-order chi connectivity index (χ0) is 28.0. The van der Waals surface area contributed by atoms with Crippen LogP contribution in [0, 0.1) is 0 Å². The number of aromatic nitrogens is 2. The van der Waals surface area contributed by atoms with Crippen molar-refractivity contribution in [2.75, 3.05) is 37.7 Å². The molecule has 2 heterocycles. The molecule has 0 aliphatic carbocycles. The smallest absolute Gasteiger partial charge is 0.382 e. The van der Waals surface area contributed by atoms with Crippen LogP contribution in [0.2, 0.25) is 5.02 Å². The predicted octanol–water partition coefficient (Wildman–Crippen LogP) is 5.69. The van der Waals surface area contributed by atoms with Crippen LogP contribution in [0.25, 0.3) is 16.6 Å². The molecule has 0 bridgehead atoms. The van der Waals surface area contributed by atoms with Crippen LogP contribution in [-0.4, -0.2) is 48.5 Å². The SMILES string of the molecule is COCCOCNC(=O)c1cn(-c2ccc(NC(=O)Nc3ccc(Cl)c(C(F)(F)F)c3)cc2)c2cnccc12. The fourth-order valence-corrected chi connectivity index (χ4v) is 3.94. The Bertz CT molecular complexity index is 1470. The highest BCUT2D eigenvalue weighted by atomic mass is 35.5. The second kappa shape index (κ2) is 12.2. The monoisotopic (exact) mass is 561 g/mol. The molecule has 204 valence electrons. The minimum atomic E-state index is -4.66. The average Bonchev–Trinajstić information content (AvgIpc) is 3.29. The summed E-state index contributed by atoms with van der Waals surface area (Å²) in [5.41, 5.74) is 1.06. The highest BCUT2D eigenvalue weighted by molar-refractivity contribution is 6.31. The highest BCUT2D eigenvalue weighted by Crippen LogP contribution is 2.36. The van der Waals surface area contributed by atoms with Gasteiger partial charge in [0, 0.05) is 42.0 Å². The molecule has 0 unspecified atom stereocenters. The number of fused-ring (bicyclic) bond motifs is 1. The second-order valence-corrected chi connectivity index (χ2v) is 8.58. The van der Waals surface area contributed by atoms with Crippen molar-refractivity contribution in [3.05, 3.63) is 83.3 Å². The number of methoxy groups -OCH3 is 1. The molecular weight excluding hydrogens is 539 g/mol. The van der Waals surface area contributed by atoms with E-state index in [4.69, 9.17) is 21.1 Å². The number of urea groups is 1. The van der Waals surface area contributed by atoms with Crippen molar-refractivity contribution in [2.24, 2.45) is 0 Å². The van der Waals surface area contributed by atoms with E-state index in [1.54, 1.807) is 60.6 Å². The normalized spacial score (nSPS) is 11.4. The van der Waals surface area contributed by atoms with Crippen molar-refractivity contribution in [2.45, 2.75) is 6.18 Å². The summed E-state index contributed by atoms with van der Waals surface area (Å²) in [7, 11) is 1.56. The summed E-state index contributed by atoms with van der Waals surface area (Å²) >= 11 is 5.62. The maximum absolute atomic E-state index is 13.1. The van der Waals surface area contributed by atoms with Gasteiger partial charge in [-0.1, -0.05) is 11.6 Å². The first-order valence-electron chi connectivity index (χ1n) is 11.5. The van der Waals surface area contributed by atoms with Gasteiger partial charge in [0.1, 0.15) is 6.73 Å². The van der Waals surface area contributed by atoms with Crippen LogP contribution < -0.4 is 16.0 Å². The molecule has 0 saturated carbocycles. The van der Waals surface area contributed by atoms with Crippen LogP contribution >= 0.6 is 11.6 Å². The third kappa shape index (κ3) is 6.85. The molecule has 13 heteroatoms. The number of nitrogens with one attached hydrogen (secondary N) is 3. The lowest BCUT2D eigenvalue weighted by Gasteiger charge is -2.12.